The molecule has 490 valence electrons. The number of amides is 1. The average Bonchev–Trinajstić information content (AvgIpc) is 3.48. The van der Waals surface area contributed by atoms with E-state index >= 15 is 0 Å². The molecule has 0 fully saturated rings. The van der Waals surface area contributed by atoms with E-state index in [4.69, 9.17) is 4.74 Å². The highest BCUT2D eigenvalue weighted by Gasteiger charge is 2.20. The van der Waals surface area contributed by atoms with Crippen molar-refractivity contribution in [2.24, 2.45) is 0 Å². The molecular weight excluding hydrogens is 1010 g/mol. The summed E-state index contributed by atoms with van der Waals surface area (Å²) in [7, 11) is 0. The van der Waals surface area contributed by atoms with Gasteiger partial charge in [0.25, 0.3) is 0 Å². The van der Waals surface area contributed by atoms with Crippen LogP contribution in [-0.2, 0) is 14.3 Å². The van der Waals surface area contributed by atoms with E-state index in [9.17, 15) is 19.8 Å². The second-order valence-corrected chi connectivity index (χ2v) is 26.7. The van der Waals surface area contributed by atoms with Gasteiger partial charge >= 0.3 is 5.97 Å². The quantitative estimate of drug-likeness (QED) is 0.0417. The Labute approximate surface area is 515 Å². The third-order valence-corrected chi connectivity index (χ3v) is 18.4. The van der Waals surface area contributed by atoms with Crippen molar-refractivity contribution in [1.82, 2.24) is 5.32 Å². The molecule has 3 N–H and O–H groups in total. The summed E-state index contributed by atoms with van der Waals surface area (Å²) in [6, 6.07) is -0.539. The third-order valence-electron chi connectivity index (χ3n) is 18.4. The van der Waals surface area contributed by atoms with E-state index < -0.39 is 12.1 Å². The number of hydrogen-bond donors (Lipinski definition) is 3. The molecule has 0 saturated carbocycles. The maximum absolute atomic E-state index is 12.6. The summed E-state index contributed by atoms with van der Waals surface area (Å²) < 4.78 is 5.49. The number of hydrogen-bond acceptors (Lipinski definition) is 5. The Balaban J connectivity index is 3.33. The van der Waals surface area contributed by atoms with Gasteiger partial charge in [-0.2, -0.15) is 0 Å². The molecule has 0 aliphatic carbocycles. The Morgan fingerprint density at radius 2 is 0.500 bits per heavy atom. The first-order valence-electron chi connectivity index (χ1n) is 38.3. The van der Waals surface area contributed by atoms with Gasteiger partial charge in [-0.15, -0.1) is 0 Å². The highest BCUT2D eigenvalue weighted by atomic mass is 16.5. The van der Waals surface area contributed by atoms with Crippen molar-refractivity contribution in [3.63, 3.8) is 0 Å². The minimum atomic E-state index is -0.662. The van der Waals surface area contributed by atoms with Gasteiger partial charge in [0.1, 0.15) is 0 Å². The third kappa shape index (κ3) is 68.0. The van der Waals surface area contributed by atoms with Crippen LogP contribution in [-0.4, -0.2) is 47.4 Å². The molecule has 0 saturated heterocycles. The molecule has 0 bridgehead atoms. The Morgan fingerprint density at radius 1 is 0.293 bits per heavy atom. The number of aliphatic hydroxyl groups excluding tert-OH is 2. The van der Waals surface area contributed by atoms with Crippen molar-refractivity contribution in [2.45, 2.75) is 463 Å². The molecule has 0 aliphatic rings. The first-order chi connectivity index (χ1) is 40.5. The van der Waals surface area contributed by atoms with E-state index in [0.717, 1.165) is 38.5 Å². The molecule has 0 heterocycles. The number of carbonyl (C=O) groups excluding carboxylic acids is 2. The minimum absolute atomic E-state index is 0.0222. The molecule has 0 aromatic rings. The van der Waals surface area contributed by atoms with Crippen LogP contribution in [0.15, 0.2) is 0 Å². The van der Waals surface area contributed by atoms with Crippen LogP contribution in [0.3, 0.4) is 0 Å². The van der Waals surface area contributed by atoms with Gasteiger partial charge in [0.2, 0.25) is 5.91 Å². The SMILES string of the molecule is CCCCCCCCCCCCCCCCCCCCCCCCCC(O)C(CO)NC(=O)CCCCCCCCCCCCCCCCCCCCCCCCCCCCCCCCOC(=O)CCCCCCCCCCCCCC. The lowest BCUT2D eigenvalue weighted by atomic mass is 10.0. The Morgan fingerprint density at radius 3 is 0.744 bits per heavy atom. The molecule has 0 rings (SSSR count). The smallest absolute Gasteiger partial charge is 0.305 e. The molecule has 2 atom stereocenters. The minimum Gasteiger partial charge on any atom is -0.466 e. The molecular formula is C76H151NO5. The van der Waals surface area contributed by atoms with Crippen molar-refractivity contribution in [1.29, 1.82) is 0 Å². The van der Waals surface area contributed by atoms with E-state index in [1.807, 2.05) is 0 Å². The molecule has 6 nitrogen and oxygen atoms in total. The van der Waals surface area contributed by atoms with Crippen LogP contribution >= 0.6 is 0 Å². The molecule has 0 spiro atoms. The van der Waals surface area contributed by atoms with Crippen molar-refractivity contribution in [3.05, 3.63) is 0 Å². The normalized spacial score (nSPS) is 12.4. The highest BCUT2D eigenvalue weighted by Crippen LogP contribution is 2.20. The van der Waals surface area contributed by atoms with E-state index in [1.54, 1.807) is 0 Å². The monoisotopic (exact) mass is 1160 g/mol. The van der Waals surface area contributed by atoms with Crippen LogP contribution in [0.5, 0.6) is 0 Å². The maximum Gasteiger partial charge on any atom is 0.305 e. The summed E-state index contributed by atoms with van der Waals surface area (Å²) in [5.74, 6) is -0.00258. The Hall–Kier alpha value is -1.14. The average molecular weight is 1160 g/mol. The summed E-state index contributed by atoms with van der Waals surface area (Å²) in [5.41, 5.74) is 0. The zero-order valence-electron chi connectivity index (χ0n) is 56.3. The standard InChI is InChI=1S/C76H151NO5/c1-3-5-7-9-11-13-15-17-18-19-20-21-30-33-36-39-42-45-48-52-56-60-64-68-74(79)73(72-78)77-75(80)69-65-61-57-53-49-46-43-40-37-34-31-28-26-24-22-23-25-27-29-32-35-38-41-44-47-51-55-59-63-67-71-82-76(81)70-66-62-58-54-50-16-14-12-10-8-6-4-2/h73-74,78-79H,3-72H2,1-2H3,(H,77,80). The Kier molecular flexibility index (Phi) is 71.3. The van der Waals surface area contributed by atoms with Crippen molar-refractivity contribution in [3.8, 4) is 0 Å². The maximum atomic E-state index is 12.6. The summed E-state index contributed by atoms with van der Waals surface area (Å²) in [6.07, 6.45) is 89.0. The van der Waals surface area contributed by atoms with Crippen LogP contribution in [0, 0.1) is 0 Å². The molecule has 82 heavy (non-hydrogen) atoms. The molecule has 0 radical (unpaired) electrons. The fourth-order valence-electron chi connectivity index (χ4n) is 12.6. The highest BCUT2D eigenvalue weighted by molar-refractivity contribution is 5.76. The number of carbonyl (C=O) groups is 2. The van der Waals surface area contributed by atoms with Crippen molar-refractivity contribution < 1.29 is 24.5 Å². The molecule has 0 aromatic carbocycles. The Bertz CT molecular complexity index is 1200. The van der Waals surface area contributed by atoms with E-state index in [2.05, 4.69) is 19.2 Å². The van der Waals surface area contributed by atoms with Gasteiger partial charge in [0.05, 0.1) is 25.4 Å². The van der Waals surface area contributed by atoms with E-state index in [-0.39, 0.29) is 18.5 Å². The summed E-state index contributed by atoms with van der Waals surface area (Å²) >= 11 is 0. The molecule has 6 heteroatoms. The number of unbranched alkanes of at least 4 members (excludes halogenated alkanes) is 62. The van der Waals surface area contributed by atoms with Crippen LogP contribution in [0.2, 0.25) is 0 Å². The zero-order valence-corrected chi connectivity index (χ0v) is 56.3. The van der Waals surface area contributed by atoms with Crippen molar-refractivity contribution in [2.75, 3.05) is 13.2 Å². The molecule has 0 aromatic heterocycles. The molecule has 1 amide bonds. The number of rotatable bonds is 73. The van der Waals surface area contributed by atoms with E-state index in [1.165, 1.54) is 379 Å². The summed E-state index contributed by atoms with van der Waals surface area (Å²) in [5, 5.41) is 23.5. The predicted molar refractivity (Wildman–Crippen MR) is 361 cm³/mol. The molecule has 2 unspecified atom stereocenters. The second kappa shape index (κ2) is 72.3. The first kappa shape index (κ1) is 80.9. The topological polar surface area (TPSA) is 95.9 Å². The largest absolute Gasteiger partial charge is 0.466 e. The lowest BCUT2D eigenvalue weighted by Crippen LogP contribution is -2.45. The van der Waals surface area contributed by atoms with Gasteiger partial charge in [0.15, 0.2) is 0 Å². The fourth-order valence-corrected chi connectivity index (χ4v) is 12.6. The first-order valence-corrected chi connectivity index (χ1v) is 38.3. The number of ether oxygens (including phenoxy) is 1. The van der Waals surface area contributed by atoms with Crippen LogP contribution in [0.4, 0.5) is 0 Å². The summed E-state index contributed by atoms with van der Waals surface area (Å²) in [4.78, 5) is 24.6. The lowest BCUT2D eigenvalue weighted by Gasteiger charge is -2.22. The zero-order chi connectivity index (χ0) is 59.2. The predicted octanol–water partition coefficient (Wildman–Crippen LogP) is 24.9. The van der Waals surface area contributed by atoms with Gasteiger partial charge < -0.3 is 20.3 Å². The molecule has 0 aliphatic heterocycles. The van der Waals surface area contributed by atoms with Crippen LogP contribution in [0.25, 0.3) is 0 Å². The summed E-state index contributed by atoms with van der Waals surface area (Å²) in [6.45, 7) is 5.01. The van der Waals surface area contributed by atoms with E-state index in [0.29, 0.717) is 25.9 Å². The van der Waals surface area contributed by atoms with Gasteiger partial charge in [-0.25, -0.2) is 0 Å². The van der Waals surface area contributed by atoms with Gasteiger partial charge in [-0.1, -0.05) is 412 Å². The fraction of sp³-hybridized carbons (Fsp3) is 0.974. The van der Waals surface area contributed by atoms with Crippen LogP contribution < -0.4 is 5.32 Å². The number of nitrogens with one attached hydrogen (secondary N) is 1. The van der Waals surface area contributed by atoms with Gasteiger partial charge in [-0.05, 0) is 25.7 Å². The second-order valence-electron chi connectivity index (χ2n) is 26.7. The van der Waals surface area contributed by atoms with Crippen LogP contribution in [0.1, 0.15) is 450 Å². The van der Waals surface area contributed by atoms with Crippen molar-refractivity contribution >= 4 is 11.9 Å². The van der Waals surface area contributed by atoms with Gasteiger partial charge in [0, 0.05) is 12.8 Å². The lowest BCUT2D eigenvalue weighted by molar-refractivity contribution is -0.143. The number of esters is 1. The number of aliphatic hydroxyl groups is 2. The van der Waals surface area contributed by atoms with Gasteiger partial charge in [-0.3, -0.25) is 9.59 Å².